The molecule has 1 aromatic carbocycles. The van der Waals surface area contributed by atoms with Gasteiger partial charge in [0.2, 0.25) is 0 Å². The first kappa shape index (κ1) is 17.3. The predicted octanol–water partition coefficient (Wildman–Crippen LogP) is 3.70. The Morgan fingerprint density at radius 3 is 2.70 bits per heavy atom. The van der Waals surface area contributed by atoms with Crippen molar-refractivity contribution in [1.82, 2.24) is 5.32 Å². The number of anilines is 1. The molecule has 0 atom stereocenters. The van der Waals surface area contributed by atoms with Gasteiger partial charge in [0.05, 0.1) is 6.61 Å². The zero-order valence-corrected chi connectivity index (χ0v) is 13.8. The monoisotopic (exact) mass is 298 g/mol. The topological polar surface area (TPSA) is 24.5 Å². The van der Waals surface area contributed by atoms with Crippen LogP contribution < -0.4 is 10.2 Å². The van der Waals surface area contributed by atoms with Crippen LogP contribution in [-0.2, 0) is 11.3 Å². The second-order valence-electron chi connectivity index (χ2n) is 5.19. The summed E-state index contributed by atoms with van der Waals surface area (Å²) in [7, 11) is 1.74. The van der Waals surface area contributed by atoms with Crippen molar-refractivity contribution in [2.24, 2.45) is 0 Å². The number of benzene rings is 1. The molecular weight excluding hydrogens is 272 g/mol. The van der Waals surface area contributed by atoms with Crippen LogP contribution in [0.1, 0.15) is 32.8 Å². The first-order valence-electron chi connectivity index (χ1n) is 7.35. The fourth-order valence-electron chi connectivity index (χ4n) is 2.23. The standard InChI is InChI=1S/C16H27ClN2O/c1-5-9-18-12-14-15(17)7-6-8-16(14)19(13(2)3)10-11-20-4/h6-8,13,18H,5,9-12H2,1-4H3. The van der Waals surface area contributed by atoms with Gasteiger partial charge in [0.1, 0.15) is 0 Å². The number of hydrogen-bond donors (Lipinski definition) is 1. The third-order valence-corrected chi connectivity index (χ3v) is 3.65. The van der Waals surface area contributed by atoms with Crippen LogP contribution in [0.4, 0.5) is 5.69 Å². The molecule has 1 N–H and O–H groups in total. The lowest BCUT2D eigenvalue weighted by Gasteiger charge is -2.31. The summed E-state index contributed by atoms with van der Waals surface area (Å²) in [5, 5.41) is 4.27. The fourth-order valence-corrected chi connectivity index (χ4v) is 2.46. The van der Waals surface area contributed by atoms with Gasteiger partial charge in [0, 0.05) is 42.5 Å². The van der Waals surface area contributed by atoms with E-state index < -0.39 is 0 Å². The molecule has 0 unspecified atom stereocenters. The van der Waals surface area contributed by atoms with E-state index in [2.05, 4.69) is 37.1 Å². The van der Waals surface area contributed by atoms with Crippen LogP contribution in [0.25, 0.3) is 0 Å². The van der Waals surface area contributed by atoms with E-state index in [9.17, 15) is 0 Å². The van der Waals surface area contributed by atoms with Crippen molar-refractivity contribution in [3.05, 3.63) is 28.8 Å². The Hall–Kier alpha value is -0.770. The Labute approximate surface area is 128 Å². The van der Waals surface area contributed by atoms with Crippen molar-refractivity contribution in [2.45, 2.75) is 39.8 Å². The van der Waals surface area contributed by atoms with Gasteiger partial charge in [-0.3, -0.25) is 0 Å². The molecule has 0 radical (unpaired) electrons. The predicted molar refractivity (Wildman–Crippen MR) is 87.8 cm³/mol. The first-order valence-corrected chi connectivity index (χ1v) is 7.73. The van der Waals surface area contributed by atoms with Crippen molar-refractivity contribution < 1.29 is 4.74 Å². The summed E-state index contributed by atoms with van der Waals surface area (Å²) in [6.07, 6.45) is 1.12. The van der Waals surface area contributed by atoms with Crippen LogP contribution in [0, 0.1) is 0 Å². The molecule has 114 valence electrons. The zero-order valence-electron chi connectivity index (χ0n) is 13.1. The summed E-state index contributed by atoms with van der Waals surface area (Å²) in [6, 6.07) is 6.53. The molecule has 1 aromatic rings. The van der Waals surface area contributed by atoms with Crippen LogP contribution in [0.3, 0.4) is 0 Å². The van der Waals surface area contributed by atoms with E-state index in [1.807, 2.05) is 12.1 Å². The molecule has 0 fully saturated rings. The first-order chi connectivity index (χ1) is 9.61. The summed E-state index contributed by atoms with van der Waals surface area (Å²) in [5.74, 6) is 0. The second-order valence-corrected chi connectivity index (χ2v) is 5.60. The SMILES string of the molecule is CCCNCc1c(Cl)cccc1N(CCOC)C(C)C. The normalized spacial score (nSPS) is 11.1. The molecule has 0 aliphatic carbocycles. The number of hydrogen-bond acceptors (Lipinski definition) is 3. The van der Waals surface area contributed by atoms with Crippen molar-refractivity contribution in [2.75, 3.05) is 31.7 Å². The number of nitrogens with one attached hydrogen (secondary N) is 1. The summed E-state index contributed by atoms with van der Waals surface area (Å²) in [4.78, 5) is 2.35. The summed E-state index contributed by atoms with van der Waals surface area (Å²) >= 11 is 6.39. The van der Waals surface area contributed by atoms with Crippen molar-refractivity contribution in [3.63, 3.8) is 0 Å². The van der Waals surface area contributed by atoms with Crippen LogP contribution in [0.15, 0.2) is 18.2 Å². The quantitative estimate of drug-likeness (QED) is 0.704. The highest BCUT2D eigenvalue weighted by atomic mass is 35.5. The number of ether oxygens (including phenoxy) is 1. The van der Waals surface area contributed by atoms with Gasteiger partial charge >= 0.3 is 0 Å². The minimum atomic E-state index is 0.411. The van der Waals surface area contributed by atoms with Crippen LogP contribution in [-0.4, -0.2) is 32.8 Å². The lowest BCUT2D eigenvalue weighted by atomic mass is 10.1. The Kier molecular flexibility index (Phi) is 7.97. The molecular formula is C16H27ClN2O. The Morgan fingerprint density at radius 2 is 2.10 bits per heavy atom. The van der Waals surface area contributed by atoms with E-state index in [0.717, 1.165) is 31.1 Å². The Balaban J connectivity index is 2.97. The third-order valence-electron chi connectivity index (χ3n) is 3.29. The largest absolute Gasteiger partial charge is 0.383 e. The average Bonchev–Trinajstić information content (AvgIpc) is 2.41. The highest BCUT2D eigenvalue weighted by Crippen LogP contribution is 2.28. The van der Waals surface area contributed by atoms with Gasteiger partial charge in [-0.2, -0.15) is 0 Å². The molecule has 3 nitrogen and oxygen atoms in total. The molecule has 0 spiro atoms. The fraction of sp³-hybridized carbons (Fsp3) is 0.625. The number of nitrogens with zero attached hydrogens (tertiary/aromatic N) is 1. The smallest absolute Gasteiger partial charge is 0.0637 e. The number of halogens is 1. The van der Waals surface area contributed by atoms with E-state index in [4.69, 9.17) is 16.3 Å². The molecule has 0 aliphatic rings. The highest BCUT2D eigenvalue weighted by molar-refractivity contribution is 6.31. The van der Waals surface area contributed by atoms with Crippen LogP contribution in [0.2, 0.25) is 5.02 Å². The average molecular weight is 299 g/mol. The molecule has 1 rings (SSSR count). The molecule has 0 saturated carbocycles. The number of rotatable bonds is 9. The Bertz CT molecular complexity index is 396. The van der Waals surface area contributed by atoms with E-state index in [1.54, 1.807) is 7.11 Å². The molecule has 0 aliphatic heterocycles. The summed E-state index contributed by atoms with van der Waals surface area (Å²) in [5.41, 5.74) is 2.38. The second kappa shape index (κ2) is 9.22. The Morgan fingerprint density at radius 1 is 1.35 bits per heavy atom. The van der Waals surface area contributed by atoms with Crippen molar-refractivity contribution in [1.29, 1.82) is 0 Å². The highest BCUT2D eigenvalue weighted by Gasteiger charge is 2.16. The van der Waals surface area contributed by atoms with Gasteiger partial charge in [0.15, 0.2) is 0 Å². The van der Waals surface area contributed by atoms with Gasteiger partial charge in [0.25, 0.3) is 0 Å². The third kappa shape index (κ3) is 4.97. The van der Waals surface area contributed by atoms with Crippen molar-refractivity contribution >= 4 is 17.3 Å². The van der Waals surface area contributed by atoms with E-state index >= 15 is 0 Å². The molecule has 4 heteroatoms. The maximum Gasteiger partial charge on any atom is 0.0637 e. The zero-order chi connectivity index (χ0) is 15.0. The maximum absolute atomic E-state index is 6.39. The van der Waals surface area contributed by atoms with Gasteiger partial charge in [-0.1, -0.05) is 24.6 Å². The van der Waals surface area contributed by atoms with Crippen LogP contribution >= 0.6 is 11.6 Å². The summed E-state index contributed by atoms with van der Waals surface area (Å²) in [6.45, 7) is 9.95. The molecule has 0 saturated heterocycles. The van der Waals surface area contributed by atoms with Gasteiger partial charge < -0.3 is 15.0 Å². The molecule has 0 amide bonds. The number of methoxy groups -OCH3 is 1. The van der Waals surface area contributed by atoms with Gasteiger partial charge in [-0.05, 0) is 38.9 Å². The lowest BCUT2D eigenvalue weighted by Crippen LogP contribution is -2.35. The van der Waals surface area contributed by atoms with Crippen molar-refractivity contribution in [3.8, 4) is 0 Å². The molecule has 0 bridgehead atoms. The van der Waals surface area contributed by atoms with E-state index in [1.165, 1.54) is 11.3 Å². The molecule has 0 heterocycles. The maximum atomic E-state index is 6.39. The van der Waals surface area contributed by atoms with E-state index in [0.29, 0.717) is 12.6 Å². The van der Waals surface area contributed by atoms with E-state index in [-0.39, 0.29) is 0 Å². The minimum Gasteiger partial charge on any atom is -0.383 e. The summed E-state index contributed by atoms with van der Waals surface area (Å²) < 4.78 is 5.22. The molecule has 20 heavy (non-hydrogen) atoms. The lowest BCUT2D eigenvalue weighted by molar-refractivity contribution is 0.204. The molecule has 0 aromatic heterocycles. The van der Waals surface area contributed by atoms with Crippen LogP contribution in [0.5, 0.6) is 0 Å². The van der Waals surface area contributed by atoms with Gasteiger partial charge in [-0.15, -0.1) is 0 Å². The van der Waals surface area contributed by atoms with Gasteiger partial charge in [-0.25, -0.2) is 0 Å². The minimum absolute atomic E-state index is 0.411.